The molecular weight excluding hydrogens is 749 g/mol. The second-order valence-corrected chi connectivity index (χ2v) is 16.8. The Balaban J connectivity index is 1.79. The van der Waals surface area contributed by atoms with Crippen molar-refractivity contribution in [3.05, 3.63) is 83.9 Å². The first-order valence-corrected chi connectivity index (χ1v) is 21.6. The molecule has 0 saturated carbocycles. The zero-order valence-corrected chi connectivity index (χ0v) is 36.0. The molecule has 4 amide bonds. The molecule has 6 atom stereocenters. The summed E-state index contributed by atoms with van der Waals surface area (Å²) in [5.41, 5.74) is 5.48. The number of aliphatic hydroxyl groups excluding tert-OH is 1. The summed E-state index contributed by atoms with van der Waals surface area (Å²) in [4.78, 5) is 59.3. The van der Waals surface area contributed by atoms with Crippen LogP contribution in [0.1, 0.15) is 110 Å². The van der Waals surface area contributed by atoms with E-state index in [4.69, 9.17) is 19.9 Å². The van der Waals surface area contributed by atoms with Gasteiger partial charge in [-0.3, -0.25) is 14.4 Å². The van der Waals surface area contributed by atoms with Gasteiger partial charge in [0.15, 0.2) is 11.8 Å². The summed E-state index contributed by atoms with van der Waals surface area (Å²) in [7, 11) is 0. The van der Waals surface area contributed by atoms with Crippen molar-refractivity contribution in [1.29, 1.82) is 0 Å². The van der Waals surface area contributed by atoms with E-state index in [0.29, 0.717) is 55.3 Å². The first-order valence-electron chi connectivity index (χ1n) is 21.6. The number of amides is 4. The highest BCUT2D eigenvalue weighted by atomic mass is 16.7. The fraction of sp³-hybridized carbons (Fsp3) is 0.574. The number of hydrogen-bond donors (Lipinski definition) is 4. The molecule has 59 heavy (non-hydrogen) atoms. The lowest BCUT2D eigenvalue weighted by Crippen LogP contribution is -2.64. The third-order valence-corrected chi connectivity index (χ3v) is 10.9. The lowest BCUT2D eigenvalue weighted by atomic mass is 9.78. The number of nitrogens with zero attached hydrogens (tertiary/aromatic N) is 1. The molecule has 1 aliphatic rings. The average molecular weight is 817 g/mol. The molecule has 4 rings (SSSR count). The molecule has 1 fully saturated rings. The Kier molecular flexibility index (Phi) is 18.8. The van der Waals surface area contributed by atoms with Crippen LogP contribution in [-0.4, -0.2) is 78.1 Å². The molecule has 2 unspecified atom stereocenters. The molecule has 0 aliphatic carbocycles. The molecule has 0 radical (unpaired) electrons. The number of carbonyl (C=O) groups excluding carboxylic acids is 4. The Bertz CT molecular complexity index is 1770. The fourth-order valence-corrected chi connectivity index (χ4v) is 7.70. The minimum atomic E-state index is -1.95. The SMILES string of the molecule is CCCC[C@](C(=O)N[C@@H](CC(C)C)[C@@H](O)CC(CCOC1CCCCO1)C(=O)NCC(C)C)(c1cccc2ccccc12)N(C(=O)OCc1ccccc1)C(=O)[C@H](C)N. The molecule has 0 bridgehead atoms. The van der Waals surface area contributed by atoms with Crippen LogP contribution in [0, 0.1) is 17.8 Å². The van der Waals surface area contributed by atoms with Crippen LogP contribution < -0.4 is 16.4 Å². The molecule has 1 aliphatic heterocycles. The zero-order valence-electron chi connectivity index (χ0n) is 36.0. The second kappa shape index (κ2) is 23.4. The third kappa shape index (κ3) is 13.3. The lowest BCUT2D eigenvalue weighted by molar-refractivity contribution is -0.165. The number of ether oxygens (including phenoxy) is 3. The van der Waals surface area contributed by atoms with Gasteiger partial charge in [-0.1, -0.05) is 120 Å². The third-order valence-electron chi connectivity index (χ3n) is 10.9. The smallest absolute Gasteiger partial charge is 0.418 e. The monoisotopic (exact) mass is 817 g/mol. The van der Waals surface area contributed by atoms with Crippen LogP contribution in [0.5, 0.6) is 0 Å². The van der Waals surface area contributed by atoms with Crippen molar-refractivity contribution in [3.8, 4) is 0 Å². The summed E-state index contributed by atoms with van der Waals surface area (Å²) in [6, 6.07) is 20.0. The molecule has 3 aromatic rings. The van der Waals surface area contributed by atoms with Crippen molar-refractivity contribution < 1.29 is 38.5 Å². The van der Waals surface area contributed by atoms with Gasteiger partial charge < -0.3 is 35.7 Å². The first kappa shape index (κ1) is 47.3. The summed E-state index contributed by atoms with van der Waals surface area (Å²) in [5.74, 6) is -2.05. The quantitative estimate of drug-likeness (QED) is 0.0811. The van der Waals surface area contributed by atoms with Gasteiger partial charge in [-0.2, -0.15) is 0 Å². The van der Waals surface area contributed by atoms with Gasteiger partial charge >= 0.3 is 6.09 Å². The predicted octanol–water partition coefficient (Wildman–Crippen LogP) is 7.34. The Labute approximate surface area is 350 Å². The minimum Gasteiger partial charge on any atom is -0.444 e. The van der Waals surface area contributed by atoms with Crippen LogP contribution in [0.4, 0.5) is 4.79 Å². The molecule has 1 saturated heterocycles. The number of nitrogens with one attached hydrogen (secondary N) is 2. The predicted molar refractivity (Wildman–Crippen MR) is 230 cm³/mol. The number of fused-ring (bicyclic) bond motifs is 1. The van der Waals surface area contributed by atoms with Gasteiger partial charge in [0, 0.05) is 19.1 Å². The average Bonchev–Trinajstić information content (AvgIpc) is 3.22. The standard InChI is InChI=1S/C47H68N4O8/c1-7-8-25-47(39-22-16-20-36-19-12-13-21-38(36)39,51(44(54)34(6)48)46(56)59-31-35-17-10-9-11-18-35)45(55)50-40(28-32(2)3)41(52)29-37(43(53)49-30-33(4)5)24-27-58-42-23-14-15-26-57-42/h9-13,16-22,32-34,37,40-42,52H,7-8,14-15,23-31,48H2,1-6H3,(H,49,53)(H,50,55)/t34-,37?,40-,41-,42?,47+/m0/s1. The molecule has 12 nitrogen and oxygen atoms in total. The highest BCUT2D eigenvalue weighted by Crippen LogP contribution is 2.40. The van der Waals surface area contributed by atoms with E-state index in [1.165, 1.54) is 6.92 Å². The maximum atomic E-state index is 15.6. The van der Waals surface area contributed by atoms with Gasteiger partial charge in [0.25, 0.3) is 5.91 Å². The Hall–Kier alpha value is -4.36. The molecule has 3 aromatic carbocycles. The topological polar surface area (TPSA) is 170 Å². The molecule has 0 aromatic heterocycles. The minimum absolute atomic E-state index is 0.00943. The van der Waals surface area contributed by atoms with E-state index in [1.54, 1.807) is 24.3 Å². The number of carbonyl (C=O) groups is 4. The van der Waals surface area contributed by atoms with E-state index < -0.39 is 47.6 Å². The summed E-state index contributed by atoms with van der Waals surface area (Å²) >= 11 is 0. The van der Waals surface area contributed by atoms with Crippen LogP contribution in [-0.2, 0) is 40.7 Å². The van der Waals surface area contributed by atoms with E-state index in [2.05, 4.69) is 10.6 Å². The largest absolute Gasteiger partial charge is 0.444 e. The molecule has 1 heterocycles. The van der Waals surface area contributed by atoms with E-state index in [9.17, 15) is 19.5 Å². The Morgan fingerprint density at radius 2 is 1.64 bits per heavy atom. The number of benzene rings is 3. The van der Waals surface area contributed by atoms with Crippen molar-refractivity contribution in [3.63, 3.8) is 0 Å². The number of imide groups is 1. The molecule has 12 heteroatoms. The Morgan fingerprint density at radius 1 is 0.932 bits per heavy atom. The van der Waals surface area contributed by atoms with Gasteiger partial charge in [-0.05, 0) is 85.6 Å². The van der Waals surface area contributed by atoms with Gasteiger partial charge in [0.1, 0.15) is 6.61 Å². The van der Waals surface area contributed by atoms with Crippen LogP contribution >= 0.6 is 0 Å². The van der Waals surface area contributed by atoms with E-state index in [0.717, 1.165) is 29.5 Å². The first-order chi connectivity index (χ1) is 28.3. The van der Waals surface area contributed by atoms with Crippen molar-refractivity contribution >= 4 is 34.6 Å². The molecule has 324 valence electrons. The van der Waals surface area contributed by atoms with E-state index in [1.807, 2.05) is 83.1 Å². The Morgan fingerprint density at radius 3 is 2.31 bits per heavy atom. The highest BCUT2D eigenvalue weighted by Gasteiger charge is 2.53. The summed E-state index contributed by atoms with van der Waals surface area (Å²) in [5, 5.41) is 19.8. The van der Waals surface area contributed by atoms with Gasteiger partial charge in [0.05, 0.1) is 24.8 Å². The van der Waals surface area contributed by atoms with Gasteiger partial charge in [-0.15, -0.1) is 0 Å². The zero-order chi connectivity index (χ0) is 43.0. The van der Waals surface area contributed by atoms with Gasteiger partial charge in [0.2, 0.25) is 11.8 Å². The van der Waals surface area contributed by atoms with Crippen molar-refractivity contribution in [2.24, 2.45) is 23.5 Å². The number of aliphatic hydroxyl groups is 1. The summed E-state index contributed by atoms with van der Waals surface area (Å²) < 4.78 is 17.6. The number of unbranched alkanes of at least 4 members (excludes halogenated alkanes) is 1. The number of nitrogens with two attached hydrogens (primary N) is 1. The van der Waals surface area contributed by atoms with Crippen LogP contribution in [0.25, 0.3) is 10.8 Å². The molecule has 5 N–H and O–H groups in total. The van der Waals surface area contributed by atoms with Crippen molar-refractivity contribution in [2.45, 2.75) is 136 Å². The van der Waals surface area contributed by atoms with Crippen LogP contribution in [0.3, 0.4) is 0 Å². The van der Waals surface area contributed by atoms with Crippen LogP contribution in [0.2, 0.25) is 0 Å². The maximum Gasteiger partial charge on any atom is 0.418 e. The number of rotatable bonds is 22. The molecular formula is C47H68N4O8. The highest BCUT2D eigenvalue weighted by molar-refractivity contribution is 6.05. The van der Waals surface area contributed by atoms with E-state index >= 15 is 4.79 Å². The molecule has 0 spiro atoms. The normalized spacial score (nSPS) is 17.4. The van der Waals surface area contributed by atoms with Crippen molar-refractivity contribution in [2.75, 3.05) is 19.8 Å². The lowest BCUT2D eigenvalue weighted by Gasteiger charge is -2.43. The van der Waals surface area contributed by atoms with Gasteiger partial charge in [-0.25, -0.2) is 9.69 Å². The van der Waals surface area contributed by atoms with E-state index in [-0.39, 0.29) is 50.1 Å². The maximum absolute atomic E-state index is 15.6. The van der Waals surface area contributed by atoms with Crippen molar-refractivity contribution in [1.82, 2.24) is 15.5 Å². The summed E-state index contributed by atoms with van der Waals surface area (Å²) in [6.07, 6.45) is 2.12. The van der Waals surface area contributed by atoms with Crippen LogP contribution in [0.15, 0.2) is 72.8 Å². The number of hydrogen-bond acceptors (Lipinski definition) is 9. The summed E-state index contributed by atoms with van der Waals surface area (Å²) in [6.45, 7) is 12.7. The second-order valence-electron chi connectivity index (χ2n) is 16.8. The fourth-order valence-electron chi connectivity index (χ4n) is 7.70.